The largest absolute Gasteiger partial charge is 0.381 e. The zero-order valence-electron chi connectivity index (χ0n) is 13.7. The molecule has 0 aromatic carbocycles. The molecule has 2 atom stereocenters. The summed E-state index contributed by atoms with van der Waals surface area (Å²) in [6.07, 6.45) is 2.35. The Hall–Kier alpha value is -0.420. The standard InChI is InChI=1S/C17H30N2OS/c1-4-8-18-17-7-9-20-13-15(17)11-19(14(2)3)12-16-6-5-10-21-16/h5-6,10,14-15,17-18H,4,7-9,11-13H2,1-3H3. The minimum absolute atomic E-state index is 0.570. The molecule has 1 fully saturated rings. The Morgan fingerprint density at radius 3 is 3.00 bits per heavy atom. The van der Waals surface area contributed by atoms with Crippen molar-refractivity contribution in [1.82, 2.24) is 10.2 Å². The molecule has 21 heavy (non-hydrogen) atoms. The fraction of sp³-hybridized carbons (Fsp3) is 0.765. The van der Waals surface area contributed by atoms with Crippen molar-refractivity contribution in [2.24, 2.45) is 5.92 Å². The molecule has 2 rings (SSSR count). The Kier molecular flexibility index (Phi) is 7.17. The lowest BCUT2D eigenvalue weighted by Gasteiger charge is -2.37. The average Bonchev–Trinajstić information content (AvgIpc) is 2.98. The molecule has 1 saturated heterocycles. The van der Waals surface area contributed by atoms with Gasteiger partial charge in [-0.05, 0) is 44.7 Å². The molecule has 2 heterocycles. The number of nitrogens with one attached hydrogen (secondary N) is 1. The highest BCUT2D eigenvalue weighted by Crippen LogP contribution is 2.20. The third kappa shape index (κ3) is 5.37. The van der Waals surface area contributed by atoms with E-state index >= 15 is 0 Å². The summed E-state index contributed by atoms with van der Waals surface area (Å²) in [6, 6.07) is 5.57. The van der Waals surface area contributed by atoms with Crippen LogP contribution in [0.4, 0.5) is 0 Å². The van der Waals surface area contributed by atoms with Crippen LogP contribution in [-0.4, -0.2) is 43.3 Å². The van der Waals surface area contributed by atoms with Crippen LogP contribution in [0.3, 0.4) is 0 Å². The van der Waals surface area contributed by atoms with Gasteiger partial charge in [0.05, 0.1) is 6.61 Å². The Bertz CT molecular complexity index is 380. The lowest BCUT2D eigenvalue weighted by molar-refractivity contribution is 0.0109. The smallest absolute Gasteiger partial charge is 0.0521 e. The van der Waals surface area contributed by atoms with Crippen LogP contribution in [0.2, 0.25) is 0 Å². The third-order valence-corrected chi connectivity index (χ3v) is 5.13. The number of hydrogen-bond donors (Lipinski definition) is 1. The van der Waals surface area contributed by atoms with Gasteiger partial charge in [0, 0.05) is 42.6 Å². The quantitative estimate of drug-likeness (QED) is 0.797. The molecule has 1 aliphatic rings. The van der Waals surface area contributed by atoms with Gasteiger partial charge in [0.2, 0.25) is 0 Å². The zero-order chi connectivity index (χ0) is 15.1. The third-order valence-electron chi connectivity index (χ3n) is 4.27. The second-order valence-corrected chi connectivity index (χ2v) is 7.32. The summed E-state index contributed by atoms with van der Waals surface area (Å²) in [5.74, 6) is 0.604. The molecule has 0 bridgehead atoms. The van der Waals surface area contributed by atoms with Gasteiger partial charge >= 0.3 is 0 Å². The van der Waals surface area contributed by atoms with Crippen molar-refractivity contribution in [2.45, 2.75) is 52.2 Å². The van der Waals surface area contributed by atoms with Gasteiger partial charge in [0.15, 0.2) is 0 Å². The van der Waals surface area contributed by atoms with Crippen molar-refractivity contribution in [3.63, 3.8) is 0 Å². The second-order valence-electron chi connectivity index (χ2n) is 6.29. The fourth-order valence-corrected chi connectivity index (χ4v) is 3.67. The van der Waals surface area contributed by atoms with E-state index in [9.17, 15) is 0 Å². The molecule has 1 N–H and O–H groups in total. The normalized spacial score (nSPS) is 23.1. The first-order valence-electron chi connectivity index (χ1n) is 8.28. The summed E-state index contributed by atoms with van der Waals surface area (Å²) in [6.45, 7) is 11.9. The molecule has 0 amide bonds. The molecule has 1 aromatic rings. The van der Waals surface area contributed by atoms with Gasteiger partial charge in [-0.25, -0.2) is 0 Å². The first-order chi connectivity index (χ1) is 10.2. The van der Waals surface area contributed by atoms with Crippen LogP contribution in [0.1, 0.15) is 38.5 Å². The first kappa shape index (κ1) is 16.9. The highest BCUT2D eigenvalue weighted by Gasteiger charge is 2.28. The van der Waals surface area contributed by atoms with E-state index < -0.39 is 0 Å². The maximum absolute atomic E-state index is 5.74. The summed E-state index contributed by atoms with van der Waals surface area (Å²) in [4.78, 5) is 4.05. The van der Waals surface area contributed by atoms with E-state index in [-0.39, 0.29) is 0 Å². The van der Waals surface area contributed by atoms with Gasteiger partial charge in [-0.2, -0.15) is 0 Å². The van der Waals surface area contributed by atoms with Crippen LogP contribution in [0, 0.1) is 5.92 Å². The lowest BCUT2D eigenvalue weighted by atomic mass is 9.94. The SMILES string of the molecule is CCCNC1CCOCC1CN(Cc1cccs1)C(C)C. The zero-order valence-corrected chi connectivity index (χ0v) is 14.5. The van der Waals surface area contributed by atoms with Crippen LogP contribution in [0.25, 0.3) is 0 Å². The molecule has 0 radical (unpaired) electrons. The second kappa shape index (κ2) is 8.89. The fourth-order valence-electron chi connectivity index (χ4n) is 2.94. The number of ether oxygens (including phenoxy) is 1. The Balaban J connectivity index is 1.93. The van der Waals surface area contributed by atoms with Crippen molar-refractivity contribution in [3.05, 3.63) is 22.4 Å². The van der Waals surface area contributed by atoms with Gasteiger partial charge in [-0.3, -0.25) is 4.90 Å². The van der Waals surface area contributed by atoms with Crippen molar-refractivity contribution in [3.8, 4) is 0 Å². The van der Waals surface area contributed by atoms with E-state index in [0.717, 1.165) is 39.3 Å². The summed E-state index contributed by atoms with van der Waals surface area (Å²) in [5.41, 5.74) is 0. The van der Waals surface area contributed by atoms with Crippen molar-refractivity contribution >= 4 is 11.3 Å². The lowest BCUT2D eigenvalue weighted by Crippen LogP contribution is -2.49. The highest BCUT2D eigenvalue weighted by molar-refractivity contribution is 7.09. The summed E-state index contributed by atoms with van der Waals surface area (Å²) in [5, 5.41) is 5.89. The maximum Gasteiger partial charge on any atom is 0.0521 e. The van der Waals surface area contributed by atoms with E-state index in [2.05, 4.69) is 48.5 Å². The Morgan fingerprint density at radius 1 is 1.48 bits per heavy atom. The molecular weight excluding hydrogens is 280 g/mol. The van der Waals surface area contributed by atoms with E-state index in [1.807, 2.05) is 11.3 Å². The summed E-state index contributed by atoms with van der Waals surface area (Å²) >= 11 is 1.86. The number of hydrogen-bond acceptors (Lipinski definition) is 4. The van der Waals surface area contributed by atoms with E-state index in [1.165, 1.54) is 11.3 Å². The number of nitrogens with zero attached hydrogens (tertiary/aromatic N) is 1. The monoisotopic (exact) mass is 310 g/mol. The summed E-state index contributed by atoms with van der Waals surface area (Å²) in [7, 11) is 0. The van der Waals surface area contributed by atoms with Gasteiger partial charge < -0.3 is 10.1 Å². The molecule has 1 aliphatic heterocycles. The molecule has 0 aliphatic carbocycles. The van der Waals surface area contributed by atoms with Crippen molar-refractivity contribution < 1.29 is 4.74 Å². The number of rotatable bonds is 8. The molecule has 3 nitrogen and oxygen atoms in total. The first-order valence-corrected chi connectivity index (χ1v) is 9.16. The molecule has 0 saturated carbocycles. The minimum atomic E-state index is 0.570. The van der Waals surface area contributed by atoms with Crippen molar-refractivity contribution in [1.29, 1.82) is 0 Å². The highest BCUT2D eigenvalue weighted by atomic mass is 32.1. The minimum Gasteiger partial charge on any atom is -0.381 e. The van der Waals surface area contributed by atoms with Crippen LogP contribution in [0.5, 0.6) is 0 Å². The Labute approximate surface area is 133 Å². The predicted octanol–water partition coefficient (Wildman–Crippen LogP) is 3.36. The molecule has 1 aromatic heterocycles. The topological polar surface area (TPSA) is 24.5 Å². The molecule has 0 spiro atoms. The van der Waals surface area contributed by atoms with Gasteiger partial charge in [0.1, 0.15) is 0 Å². The van der Waals surface area contributed by atoms with Gasteiger partial charge in [-0.15, -0.1) is 11.3 Å². The van der Waals surface area contributed by atoms with Gasteiger partial charge in [-0.1, -0.05) is 13.0 Å². The summed E-state index contributed by atoms with van der Waals surface area (Å²) < 4.78 is 5.74. The molecular formula is C17H30N2OS. The van der Waals surface area contributed by atoms with Crippen LogP contribution >= 0.6 is 11.3 Å². The van der Waals surface area contributed by atoms with E-state index in [1.54, 1.807) is 0 Å². The van der Waals surface area contributed by atoms with Gasteiger partial charge in [0.25, 0.3) is 0 Å². The van der Waals surface area contributed by atoms with E-state index in [4.69, 9.17) is 4.74 Å². The predicted molar refractivity (Wildman–Crippen MR) is 90.9 cm³/mol. The van der Waals surface area contributed by atoms with E-state index in [0.29, 0.717) is 18.0 Å². The molecule has 120 valence electrons. The van der Waals surface area contributed by atoms with Crippen LogP contribution in [0.15, 0.2) is 17.5 Å². The number of thiophene rings is 1. The average molecular weight is 311 g/mol. The maximum atomic E-state index is 5.74. The molecule has 2 unspecified atom stereocenters. The Morgan fingerprint density at radius 2 is 2.33 bits per heavy atom. The van der Waals surface area contributed by atoms with Crippen molar-refractivity contribution in [2.75, 3.05) is 26.3 Å². The molecule has 4 heteroatoms. The van der Waals surface area contributed by atoms with Crippen LogP contribution in [-0.2, 0) is 11.3 Å². The van der Waals surface area contributed by atoms with Crippen LogP contribution < -0.4 is 5.32 Å².